The Morgan fingerprint density at radius 2 is 2.44 bits per heavy atom. The van der Waals surface area contributed by atoms with E-state index in [-0.39, 0.29) is 12.5 Å². The molecule has 16 heavy (non-hydrogen) atoms. The number of nitrogens with one attached hydrogen (secondary N) is 2. The molecule has 0 atom stereocenters. The van der Waals surface area contributed by atoms with Crippen LogP contribution < -0.4 is 5.32 Å². The Morgan fingerprint density at radius 1 is 1.56 bits per heavy atom. The smallest absolute Gasteiger partial charge is 0.267 e. The van der Waals surface area contributed by atoms with Gasteiger partial charge in [-0.2, -0.15) is 0 Å². The highest BCUT2D eigenvalue weighted by Gasteiger charge is 2.08. The fourth-order valence-corrected chi connectivity index (χ4v) is 1.45. The Labute approximate surface area is 92.5 Å². The summed E-state index contributed by atoms with van der Waals surface area (Å²) in [5, 5.41) is 11.3. The summed E-state index contributed by atoms with van der Waals surface area (Å²) in [6, 6.07) is 5.39. The molecule has 0 aliphatic rings. The second-order valence-electron chi connectivity index (χ2n) is 3.45. The van der Waals surface area contributed by atoms with Crippen molar-refractivity contribution in [3.8, 4) is 0 Å². The van der Waals surface area contributed by atoms with Crippen LogP contribution in [-0.2, 0) is 0 Å². The van der Waals surface area contributed by atoms with Gasteiger partial charge >= 0.3 is 0 Å². The van der Waals surface area contributed by atoms with Crippen LogP contribution in [0.2, 0.25) is 0 Å². The zero-order chi connectivity index (χ0) is 11.4. The number of nitrogens with zero attached hydrogens (tertiary/aromatic N) is 1. The number of hydrogen-bond acceptors (Lipinski definition) is 3. The minimum absolute atomic E-state index is 0.0779. The molecule has 0 aliphatic heterocycles. The number of aliphatic hydroxyl groups excluding tert-OH is 1. The zero-order valence-corrected chi connectivity index (χ0v) is 8.73. The number of carbonyl (C=O) groups is 1. The van der Waals surface area contributed by atoms with Gasteiger partial charge in [-0.05, 0) is 24.6 Å². The van der Waals surface area contributed by atoms with E-state index in [4.69, 9.17) is 5.11 Å². The van der Waals surface area contributed by atoms with Gasteiger partial charge in [0.15, 0.2) is 0 Å². The molecule has 0 unspecified atom stereocenters. The van der Waals surface area contributed by atoms with Crippen LogP contribution in [0.1, 0.15) is 16.9 Å². The predicted octanol–water partition coefficient (Wildman–Crippen LogP) is 0.675. The fourth-order valence-electron chi connectivity index (χ4n) is 1.45. The monoisotopic (exact) mass is 219 g/mol. The highest BCUT2D eigenvalue weighted by molar-refractivity contribution is 5.96. The summed E-state index contributed by atoms with van der Waals surface area (Å²) < 4.78 is 0. The summed E-state index contributed by atoms with van der Waals surface area (Å²) in [7, 11) is 0. The Morgan fingerprint density at radius 3 is 3.19 bits per heavy atom. The number of H-pyrrole nitrogens is 1. The molecule has 0 aromatic carbocycles. The summed E-state index contributed by atoms with van der Waals surface area (Å²) in [4.78, 5) is 18.8. The number of hydrogen-bond donors (Lipinski definition) is 3. The van der Waals surface area contributed by atoms with Gasteiger partial charge in [0.1, 0.15) is 5.69 Å². The van der Waals surface area contributed by atoms with E-state index in [1.807, 2.05) is 12.1 Å². The van der Waals surface area contributed by atoms with Gasteiger partial charge < -0.3 is 15.4 Å². The molecule has 2 rings (SSSR count). The maximum atomic E-state index is 11.6. The highest BCUT2D eigenvalue weighted by atomic mass is 16.3. The molecule has 5 heteroatoms. The third-order valence-corrected chi connectivity index (χ3v) is 2.25. The normalized spacial score (nSPS) is 10.6. The van der Waals surface area contributed by atoms with Gasteiger partial charge in [-0.25, -0.2) is 0 Å². The number of aliphatic hydroxyl groups is 1. The Kier molecular flexibility index (Phi) is 3.16. The maximum Gasteiger partial charge on any atom is 0.267 e. The van der Waals surface area contributed by atoms with Crippen molar-refractivity contribution in [3.63, 3.8) is 0 Å². The minimum Gasteiger partial charge on any atom is -0.396 e. The molecule has 0 spiro atoms. The molecule has 0 bridgehead atoms. The molecule has 0 fully saturated rings. The van der Waals surface area contributed by atoms with Crippen molar-refractivity contribution < 1.29 is 9.90 Å². The third kappa shape index (κ3) is 2.20. The molecular formula is C11H13N3O2. The van der Waals surface area contributed by atoms with Crippen molar-refractivity contribution in [1.82, 2.24) is 15.3 Å². The average molecular weight is 219 g/mol. The Hall–Kier alpha value is -1.88. The van der Waals surface area contributed by atoms with Crippen molar-refractivity contribution in [2.24, 2.45) is 0 Å². The van der Waals surface area contributed by atoms with E-state index in [2.05, 4.69) is 15.3 Å². The van der Waals surface area contributed by atoms with Crippen LogP contribution in [0.3, 0.4) is 0 Å². The quantitative estimate of drug-likeness (QED) is 0.661. The van der Waals surface area contributed by atoms with Crippen LogP contribution in [-0.4, -0.2) is 34.1 Å². The van der Waals surface area contributed by atoms with E-state index >= 15 is 0 Å². The van der Waals surface area contributed by atoms with E-state index in [0.29, 0.717) is 18.7 Å². The standard InChI is InChI=1S/C11H13N3O2/c15-6-2-5-13-11(16)10-7-9-8(14-10)3-1-4-12-9/h1,3-4,7,14-15H,2,5-6H2,(H,13,16). The van der Waals surface area contributed by atoms with Gasteiger partial charge in [0.25, 0.3) is 5.91 Å². The lowest BCUT2D eigenvalue weighted by atomic mass is 10.3. The lowest BCUT2D eigenvalue weighted by Gasteiger charge is -2.00. The molecule has 0 aliphatic carbocycles. The van der Waals surface area contributed by atoms with Gasteiger partial charge in [0.2, 0.25) is 0 Å². The lowest BCUT2D eigenvalue weighted by molar-refractivity contribution is 0.0947. The van der Waals surface area contributed by atoms with Crippen LogP contribution in [0.5, 0.6) is 0 Å². The molecule has 5 nitrogen and oxygen atoms in total. The molecule has 0 saturated carbocycles. The first-order chi connectivity index (χ1) is 7.81. The second-order valence-corrected chi connectivity index (χ2v) is 3.45. The highest BCUT2D eigenvalue weighted by Crippen LogP contribution is 2.11. The molecule has 0 saturated heterocycles. The van der Waals surface area contributed by atoms with Crippen molar-refractivity contribution in [2.75, 3.05) is 13.2 Å². The summed E-state index contributed by atoms with van der Waals surface area (Å²) in [5.41, 5.74) is 2.11. The van der Waals surface area contributed by atoms with Crippen LogP contribution in [0.25, 0.3) is 11.0 Å². The van der Waals surface area contributed by atoms with E-state index in [1.165, 1.54) is 0 Å². The molecule has 3 N–H and O–H groups in total. The number of aromatic amines is 1. The summed E-state index contributed by atoms with van der Waals surface area (Å²) in [6.45, 7) is 0.548. The largest absolute Gasteiger partial charge is 0.396 e. The van der Waals surface area contributed by atoms with Gasteiger partial charge in [-0.3, -0.25) is 9.78 Å². The first-order valence-electron chi connectivity index (χ1n) is 5.14. The zero-order valence-electron chi connectivity index (χ0n) is 8.73. The molecule has 2 aromatic rings. The van der Waals surface area contributed by atoms with Gasteiger partial charge in [-0.1, -0.05) is 0 Å². The number of aromatic nitrogens is 2. The summed E-state index contributed by atoms with van der Waals surface area (Å²) in [6.07, 6.45) is 2.24. The Bertz CT molecular complexity index is 460. The number of fused-ring (bicyclic) bond motifs is 1. The number of rotatable bonds is 4. The lowest BCUT2D eigenvalue weighted by Crippen LogP contribution is -2.25. The van der Waals surface area contributed by atoms with Gasteiger partial charge in [0.05, 0.1) is 11.0 Å². The van der Waals surface area contributed by atoms with Crippen molar-refractivity contribution in [3.05, 3.63) is 30.1 Å². The third-order valence-electron chi connectivity index (χ3n) is 2.25. The topological polar surface area (TPSA) is 78.0 Å². The average Bonchev–Trinajstić information content (AvgIpc) is 2.73. The molecule has 2 aromatic heterocycles. The fraction of sp³-hybridized carbons (Fsp3) is 0.273. The van der Waals surface area contributed by atoms with E-state index in [9.17, 15) is 4.79 Å². The second kappa shape index (κ2) is 4.76. The summed E-state index contributed by atoms with van der Waals surface area (Å²) in [5.74, 6) is -0.175. The maximum absolute atomic E-state index is 11.6. The van der Waals surface area contributed by atoms with Crippen LogP contribution in [0, 0.1) is 0 Å². The van der Waals surface area contributed by atoms with E-state index in [1.54, 1.807) is 12.3 Å². The molecule has 2 heterocycles. The predicted molar refractivity (Wildman–Crippen MR) is 60.1 cm³/mol. The molecular weight excluding hydrogens is 206 g/mol. The van der Waals surface area contributed by atoms with Crippen molar-refractivity contribution in [1.29, 1.82) is 0 Å². The van der Waals surface area contributed by atoms with E-state index in [0.717, 1.165) is 11.0 Å². The number of carbonyl (C=O) groups excluding carboxylic acids is 1. The van der Waals surface area contributed by atoms with Crippen LogP contribution in [0.15, 0.2) is 24.4 Å². The number of amides is 1. The van der Waals surface area contributed by atoms with Crippen LogP contribution in [0.4, 0.5) is 0 Å². The Balaban J connectivity index is 2.11. The van der Waals surface area contributed by atoms with Crippen molar-refractivity contribution in [2.45, 2.75) is 6.42 Å². The summed E-state index contributed by atoms with van der Waals surface area (Å²) >= 11 is 0. The molecule has 84 valence electrons. The molecule has 1 amide bonds. The van der Waals surface area contributed by atoms with Crippen LogP contribution >= 0.6 is 0 Å². The van der Waals surface area contributed by atoms with Gasteiger partial charge in [-0.15, -0.1) is 0 Å². The number of pyridine rings is 1. The van der Waals surface area contributed by atoms with Gasteiger partial charge in [0, 0.05) is 19.3 Å². The van der Waals surface area contributed by atoms with E-state index < -0.39 is 0 Å². The first kappa shape index (κ1) is 10.6. The SMILES string of the molecule is O=C(NCCCO)c1cc2ncccc2[nH]1. The molecule has 0 radical (unpaired) electrons. The minimum atomic E-state index is -0.175. The first-order valence-corrected chi connectivity index (χ1v) is 5.14. The van der Waals surface area contributed by atoms with Crippen molar-refractivity contribution >= 4 is 16.9 Å².